The summed E-state index contributed by atoms with van der Waals surface area (Å²) in [5.41, 5.74) is 2.59. The van der Waals surface area contributed by atoms with Crippen molar-refractivity contribution in [3.05, 3.63) is 71.9 Å². The standard InChI is InChI=1S/C21H23N3O2/c1-16-22-20(23-26-16)15-24-13-11-21(25,12-14-24)19-9-7-18(8-10-19)17-5-3-2-4-6-17/h2-10,25H,11-15H2,1H3. The zero-order valence-electron chi connectivity index (χ0n) is 14.9. The Hall–Kier alpha value is -2.50. The number of piperidine rings is 1. The molecule has 1 saturated heterocycles. The molecule has 4 rings (SSSR count). The van der Waals surface area contributed by atoms with Crippen LogP contribution in [-0.4, -0.2) is 33.2 Å². The number of aromatic nitrogens is 2. The van der Waals surface area contributed by atoms with Gasteiger partial charge in [-0.1, -0.05) is 59.8 Å². The van der Waals surface area contributed by atoms with Gasteiger partial charge in [-0.15, -0.1) is 0 Å². The van der Waals surface area contributed by atoms with Crippen LogP contribution in [0.4, 0.5) is 0 Å². The molecule has 1 aliphatic heterocycles. The van der Waals surface area contributed by atoms with Gasteiger partial charge < -0.3 is 9.63 Å². The minimum absolute atomic E-state index is 0.590. The van der Waals surface area contributed by atoms with E-state index in [0.717, 1.165) is 18.7 Å². The Kier molecular flexibility index (Phi) is 4.57. The van der Waals surface area contributed by atoms with E-state index in [1.54, 1.807) is 6.92 Å². The summed E-state index contributed by atoms with van der Waals surface area (Å²) in [6, 6.07) is 18.6. The van der Waals surface area contributed by atoms with Crippen molar-refractivity contribution < 1.29 is 9.63 Å². The first kappa shape index (κ1) is 16.9. The number of hydrogen-bond acceptors (Lipinski definition) is 5. The van der Waals surface area contributed by atoms with E-state index in [1.807, 2.05) is 18.2 Å². The maximum Gasteiger partial charge on any atom is 0.223 e. The van der Waals surface area contributed by atoms with Crippen LogP contribution in [0.5, 0.6) is 0 Å². The lowest BCUT2D eigenvalue weighted by molar-refractivity contribution is -0.0283. The van der Waals surface area contributed by atoms with Crippen molar-refractivity contribution in [2.75, 3.05) is 13.1 Å². The molecule has 0 bridgehead atoms. The van der Waals surface area contributed by atoms with E-state index < -0.39 is 5.60 Å². The van der Waals surface area contributed by atoms with Crippen molar-refractivity contribution in [2.24, 2.45) is 0 Å². The van der Waals surface area contributed by atoms with Crippen LogP contribution in [0.25, 0.3) is 11.1 Å². The van der Waals surface area contributed by atoms with Crippen molar-refractivity contribution in [3.63, 3.8) is 0 Å². The average molecular weight is 349 g/mol. The molecule has 5 nitrogen and oxygen atoms in total. The van der Waals surface area contributed by atoms with Gasteiger partial charge in [0.2, 0.25) is 5.89 Å². The molecule has 1 aliphatic rings. The molecule has 2 aromatic carbocycles. The molecule has 1 aromatic heterocycles. The third-order valence-electron chi connectivity index (χ3n) is 5.15. The van der Waals surface area contributed by atoms with Gasteiger partial charge in [0.05, 0.1) is 12.1 Å². The van der Waals surface area contributed by atoms with E-state index >= 15 is 0 Å². The highest BCUT2D eigenvalue weighted by molar-refractivity contribution is 5.63. The highest BCUT2D eigenvalue weighted by Crippen LogP contribution is 2.34. The number of hydrogen-bond donors (Lipinski definition) is 1. The second-order valence-corrected chi connectivity index (χ2v) is 6.98. The average Bonchev–Trinajstić information content (AvgIpc) is 3.09. The molecule has 0 unspecified atom stereocenters. The molecule has 0 atom stereocenters. The van der Waals surface area contributed by atoms with Gasteiger partial charge in [0.15, 0.2) is 5.82 Å². The molecule has 2 heterocycles. The van der Waals surface area contributed by atoms with E-state index in [4.69, 9.17) is 4.52 Å². The van der Waals surface area contributed by atoms with Crippen molar-refractivity contribution in [2.45, 2.75) is 31.9 Å². The Morgan fingerprint density at radius 2 is 1.65 bits per heavy atom. The lowest BCUT2D eigenvalue weighted by Crippen LogP contribution is -2.42. The predicted octanol–water partition coefficient (Wildman–Crippen LogP) is 3.53. The van der Waals surface area contributed by atoms with Gasteiger partial charge in [-0.05, 0) is 29.5 Å². The number of likely N-dealkylation sites (tertiary alicyclic amines) is 1. The van der Waals surface area contributed by atoms with Gasteiger partial charge in [0.1, 0.15) is 0 Å². The topological polar surface area (TPSA) is 62.4 Å². The van der Waals surface area contributed by atoms with Gasteiger partial charge in [0, 0.05) is 20.0 Å². The van der Waals surface area contributed by atoms with Crippen LogP contribution in [-0.2, 0) is 12.1 Å². The van der Waals surface area contributed by atoms with Crippen LogP contribution in [0.1, 0.15) is 30.1 Å². The molecule has 1 fully saturated rings. The van der Waals surface area contributed by atoms with Gasteiger partial charge in [-0.2, -0.15) is 4.98 Å². The minimum Gasteiger partial charge on any atom is -0.385 e. The summed E-state index contributed by atoms with van der Waals surface area (Å²) in [5.74, 6) is 1.30. The monoisotopic (exact) mass is 349 g/mol. The van der Waals surface area contributed by atoms with Crippen molar-refractivity contribution in [1.82, 2.24) is 15.0 Å². The van der Waals surface area contributed by atoms with Crippen LogP contribution < -0.4 is 0 Å². The third-order valence-corrected chi connectivity index (χ3v) is 5.15. The number of aryl methyl sites for hydroxylation is 1. The first-order chi connectivity index (χ1) is 12.6. The highest BCUT2D eigenvalue weighted by Gasteiger charge is 2.34. The van der Waals surface area contributed by atoms with E-state index in [9.17, 15) is 5.11 Å². The maximum atomic E-state index is 11.1. The molecular weight excluding hydrogens is 326 g/mol. The van der Waals surface area contributed by atoms with E-state index in [2.05, 4.69) is 51.4 Å². The summed E-state index contributed by atoms with van der Waals surface area (Å²) in [7, 11) is 0. The fourth-order valence-corrected chi connectivity index (χ4v) is 3.58. The zero-order chi connectivity index (χ0) is 18.0. The van der Waals surface area contributed by atoms with Crippen LogP contribution >= 0.6 is 0 Å². The Bertz CT molecular complexity index is 850. The second-order valence-electron chi connectivity index (χ2n) is 6.98. The minimum atomic E-state index is -0.765. The highest BCUT2D eigenvalue weighted by atomic mass is 16.5. The number of benzene rings is 2. The van der Waals surface area contributed by atoms with Gasteiger partial charge in [-0.25, -0.2) is 0 Å². The number of nitrogens with zero attached hydrogens (tertiary/aromatic N) is 3. The summed E-state index contributed by atoms with van der Waals surface area (Å²) in [6.07, 6.45) is 1.41. The van der Waals surface area contributed by atoms with Crippen LogP contribution in [0.15, 0.2) is 59.1 Å². The third kappa shape index (κ3) is 3.54. The Morgan fingerprint density at radius 3 is 2.27 bits per heavy atom. The molecule has 0 radical (unpaired) electrons. The van der Waals surface area contributed by atoms with Crippen LogP contribution in [0.3, 0.4) is 0 Å². The van der Waals surface area contributed by atoms with Crippen molar-refractivity contribution in [1.29, 1.82) is 0 Å². The molecule has 0 aliphatic carbocycles. The maximum absolute atomic E-state index is 11.1. The lowest BCUT2D eigenvalue weighted by Gasteiger charge is -2.38. The van der Waals surface area contributed by atoms with Gasteiger partial charge >= 0.3 is 0 Å². The van der Waals surface area contributed by atoms with E-state index in [1.165, 1.54) is 11.1 Å². The van der Waals surface area contributed by atoms with Gasteiger partial charge in [0.25, 0.3) is 0 Å². The Balaban J connectivity index is 1.42. The fourth-order valence-electron chi connectivity index (χ4n) is 3.58. The van der Waals surface area contributed by atoms with Crippen LogP contribution in [0, 0.1) is 6.92 Å². The molecule has 1 N–H and O–H groups in total. The molecule has 0 spiro atoms. The zero-order valence-corrected chi connectivity index (χ0v) is 14.9. The smallest absolute Gasteiger partial charge is 0.223 e. The SMILES string of the molecule is Cc1nc(CN2CCC(O)(c3ccc(-c4ccccc4)cc3)CC2)no1. The summed E-state index contributed by atoms with van der Waals surface area (Å²) in [5, 5.41) is 15.1. The molecule has 0 amide bonds. The van der Waals surface area contributed by atoms with Crippen molar-refractivity contribution in [3.8, 4) is 11.1 Å². The summed E-state index contributed by atoms with van der Waals surface area (Å²) >= 11 is 0. The van der Waals surface area contributed by atoms with Crippen molar-refractivity contribution >= 4 is 0 Å². The predicted molar refractivity (Wildman–Crippen MR) is 99.3 cm³/mol. The van der Waals surface area contributed by atoms with E-state index in [0.29, 0.717) is 31.1 Å². The molecular formula is C21H23N3O2. The largest absolute Gasteiger partial charge is 0.385 e. The first-order valence-corrected chi connectivity index (χ1v) is 9.02. The summed E-state index contributed by atoms with van der Waals surface area (Å²) in [6.45, 7) is 4.08. The van der Waals surface area contributed by atoms with Gasteiger partial charge in [-0.3, -0.25) is 4.90 Å². The molecule has 5 heteroatoms. The normalized spacial score (nSPS) is 17.3. The molecule has 26 heavy (non-hydrogen) atoms. The first-order valence-electron chi connectivity index (χ1n) is 9.02. The quantitative estimate of drug-likeness (QED) is 0.781. The number of aliphatic hydroxyl groups is 1. The lowest BCUT2D eigenvalue weighted by atomic mass is 9.84. The molecule has 3 aromatic rings. The van der Waals surface area contributed by atoms with E-state index in [-0.39, 0.29) is 0 Å². The van der Waals surface area contributed by atoms with Crippen LogP contribution in [0.2, 0.25) is 0 Å². The summed E-state index contributed by atoms with van der Waals surface area (Å²) in [4.78, 5) is 6.52. The summed E-state index contributed by atoms with van der Waals surface area (Å²) < 4.78 is 5.03. The molecule has 134 valence electrons. The second kappa shape index (κ2) is 7.02. The fraction of sp³-hybridized carbons (Fsp3) is 0.333. The Morgan fingerprint density at radius 1 is 1.00 bits per heavy atom. The number of rotatable bonds is 4. The molecule has 0 saturated carbocycles. The Labute approximate surface area is 153 Å².